The van der Waals surface area contributed by atoms with Gasteiger partial charge in [0.1, 0.15) is 0 Å². The van der Waals surface area contributed by atoms with Crippen LogP contribution in [-0.4, -0.2) is 7.05 Å². The van der Waals surface area contributed by atoms with E-state index in [1.165, 1.54) is 27.8 Å². The van der Waals surface area contributed by atoms with Crippen molar-refractivity contribution in [2.24, 2.45) is 5.73 Å². The van der Waals surface area contributed by atoms with Gasteiger partial charge in [0.05, 0.1) is 6.17 Å². The lowest BCUT2D eigenvalue weighted by Gasteiger charge is -2.20. The molecule has 1 rings (SSSR count). The number of nitrogens with one attached hydrogen (secondary N) is 1. The molecule has 2 nitrogen and oxygen atoms in total. The molecule has 1 unspecified atom stereocenters. The molecule has 78 valence electrons. The summed E-state index contributed by atoms with van der Waals surface area (Å²) < 4.78 is 0. The van der Waals surface area contributed by atoms with Crippen molar-refractivity contribution in [2.75, 3.05) is 7.05 Å². The first-order chi connectivity index (χ1) is 6.49. The van der Waals surface area contributed by atoms with Crippen LogP contribution in [0.1, 0.15) is 34.0 Å². The lowest BCUT2D eigenvalue weighted by Crippen LogP contribution is -2.27. The molecule has 1 aromatic carbocycles. The summed E-state index contributed by atoms with van der Waals surface area (Å²) in [4.78, 5) is 0. The van der Waals surface area contributed by atoms with Crippen LogP contribution >= 0.6 is 0 Å². The number of hydrogen-bond acceptors (Lipinski definition) is 2. The van der Waals surface area contributed by atoms with E-state index in [-0.39, 0.29) is 6.17 Å². The number of nitrogens with two attached hydrogens (primary N) is 1. The minimum atomic E-state index is -0.0615. The zero-order chi connectivity index (χ0) is 10.9. The average molecular weight is 192 g/mol. The fraction of sp³-hybridized carbons (Fsp3) is 0.500. The highest BCUT2D eigenvalue weighted by atomic mass is 15.0. The predicted molar refractivity (Wildman–Crippen MR) is 61.4 cm³/mol. The third kappa shape index (κ3) is 1.81. The summed E-state index contributed by atoms with van der Waals surface area (Å²) in [6.07, 6.45) is -0.0615. The Labute approximate surface area is 86.5 Å². The van der Waals surface area contributed by atoms with E-state index in [4.69, 9.17) is 5.73 Å². The van der Waals surface area contributed by atoms with Gasteiger partial charge < -0.3 is 11.1 Å². The van der Waals surface area contributed by atoms with Crippen LogP contribution in [0.25, 0.3) is 0 Å². The van der Waals surface area contributed by atoms with Crippen molar-refractivity contribution >= 4 is 0 Å². The Morgan fingerprint density at radius 2 is 1.50 bits per heavy atom. The number of benzene rings is 1. The zero-order valence-corrected chi connectivity index (χ0v) is 9.73. The Kier molecular flexibility index (Phi) is 3.29. The first-order valence-electron chi connectivity index (χ1n) is 4.99. The molecule has 14 heavy (non-hydrogen) atoms. The summed E-state index contributed by atoms with van der Waals surface area (Å²) in [7, 11) is 1.89. The maximum Gasteiger partial charge on any atom is 0.0812 e. The van der Waals surface area contributed by atoms with Crippen molar-refractivity contribution in [3.63, 3.8) is 0 Å². The number of aryl methyl sites for hydroxylation is 2. The minimum Gasteiger partial charge on any atom is -0.312 e. The Morgan fingerprint density at radius 3 is 1.86 bits per heavy atom. The summed E-state index contributed by atoms with van der Waals surface area (Å²) in [6.45, 7) is 8.53. The Hall–Kier alpha value is -0.860. The molecule has 0 aromatic heterocycles. The SMILES string of the molecule is CNC(N)c1c(C)c(C)cc(C)c1C. The van der Waals surface area contributed by atoms with Crippen molar-refractivity contribution in [3.05, 3.63) is 33.9 Å². The van der Waals surface area contributed by atoms with Gasteiger partial charge in [-0.1, -0.05) is 6.07 Å². The van der Waals surface area contributed by atoms with E-state index in [0.717, 1.165) is 0 Å². The van der Waals surface area contributed by atoms with Gasteiger partial charge in [-0.05, 0) is 62.6 Å². The molecule has 0 radical (unpaired) electrons. The maximum atomic E-state index is 6.02. The molecule has 1 atom stereocenters. The van der Waals surface area contributed by atoms with E-state index in [2.05, 4.69) is 39.1 Å². The van der Waals surface area contributed by atoms with E-state index in [0.29, 0.717) is 0 Å². The molecule has 0 heterocycles. The lowest BCUT2D eigenvalue weighted by atomic mass is 9.93. The molecule has 0 saturated heterocycles. The van der Waals surface area contributed by atoms with Crippen LogP contribution in [0.4, 0.5) is 0 Å². The van der Waals surface area contributed by atoms with Crippen LogP contribution in [0.2, 0.25) is 0 Å². The van der Waals surface area contributed by atoms with Gasteiger partial charge in [0.15, 0.2) is 0 Å². The lowest BCUT2D eigenvalue weighted by molar-refractivity contribution is 0.614. The van der Waals surface area contributed by atoms with Crippen molar-refractivity contribution in [3.8, 4) is 0 Å². The van der Waals surface area contributed by atoms with Gasteiger partial charge in [0.25, 0.3) is 0 Å². The standard InChI is InChI=1S/C12H20N2/c1-7-6-8(2)10(4)11(9(7)3)12(13)14-5/h6,12,14H,13H2,1-5H3. The van der Waals surface area contributed by atoms with Gasteiger partial charge in [-0.25, -0.2) is 0 Å². The summed E-state index contributed by atoms with van der Waals surface area (Å²) in [6, 6.07) is 2.22. The molecule has 0 spiro atoms. The van der Waals surface area contributed by atoms with Crippen molar-refractivity contribution < 1.29 is 0 Å². The van der Waals surface area contributed by atoms with Crippen LogP contribution in [0, 0.1) is 27.7 Å². The first kappa shape index (κ1) is 11.2. The van der Waals surface area contributed by atoms with Crippen LogP contribution in [0.15, 0.2) is 6.07 Å². The highest BCUT2D eigenvalue weighted by molar-refractivity contribution is 5.45. The van der Waals surface area contributed by atoms with Crippen LogP contribution in [0.5, 0.6) is 0 Å². The van der Waals surface area contributed by atoms with E-state index in [1.807, 2.05) is 7.05 Å². The quantitative estimate of drug-likeness (QED) is 0.704. The molecular weight excluding hydrogens is 172 g/mol. The molecule has 0 aliphatic rings. The van der Waals surface area contributed by atoms with Crippen molar-refractivity contribution in [2.45, 2.75) is 33.9 Å². The molecule has 1 aromatic rings. The molecule has 0 aliphatic heterocycles. The molecule has 0 fully saturated rings. The van der Waals surface area contributed by atoms with Crippen LogP contribution in [0.3, 0.4) is 0 Å². The largest absolute Gasteiger partial charge is 0.312 e. The van der Waals surface area contributed by atoms with Gasteiger partial charge in [-0.2, -0.15) is 0 Å². The summed E-state index contributed by atoms with van der Waals surface area (Å²) >= 11 is 0. The molecule has 0 saturated carbocycles. The Bertz CT molecular complexity index is 316. The first-order valence-corrected chi connectivity index (χ1v) is 4.99. The molecule has 3 N–H and O–H groups in total. The monoisotopic (exact) mass is 192 g/mol. The second-order valence-electron chi connectivity index (χ2n) is 3.94. The maximum absolute atomic E-state index is 6.02. The second kappa shape index (κ2) is 4.11. The summed E-state index contributed by atoms with van der Waals surface area (Å²) in [5.41, 5.74) is 12.5. The third-order valence-electron chi connectivity index (χ3n) is 3.05. The van der Waals surface area contributed by atoms with Crippen LogP contribution < -0.4 is 11.1 Å². The Balaban J connectivity index is 3.39. The van der Waals surface area contributed by atoms with Gasteiger partial charge in [0.2, 0.25) is 0 Å². The van der Waals surface area contributed by atoms with Crippen LogP contribution in [-0.2, 0) is 0 Å². The minimum absolute atomic E-state index is 0.0615. The molecular formula is C12H20N2. The van der Waals surface area contributed by atoms with E-state index in [9.17, 15) is 0 Å². The second-order valence-corrected chi connectivity index (χ2v) is 3.94. The fourth-order valence-corrected chi connectivity index (χ4v) is 1.86. The molecule has 0 bridgehead atoms. The number of rotatable bonds is 2. The predicted octanol–water partition coefficient (Wildman–Crippen LogP) is 2.10. The third-order valence-corrected chi connectivity index (χ3v) is 3.05. The zero-order valence-electron chi connectivity index (χ0n) is 9.73. The van der Waals surface area contributed by atoms with Gasteiger partial charge in [-0.3, -0.25) is 0 Å². The van der Waals surface area contributed by atoms with E-state index in [1.54, 1.807) is 0 Å². The average Bonchev–Trinajstić information content (AvgIpc) is 2.15. The fourth-order valence-electron chi connectivity index (χ4n) is 1.86. The van der Waals surface area contributed by atoms with E-state index < -0.39 is 0 Å². The number of hydrogen-bond donors (Lipinski definition) is 2. The molecule has 0 aliphatic carbocycles. The normalized spacial score (nSPS) is 13.0. The molecule has 0 amide bonds. The van der Waals surface area contributed by atoms with Crippen molar-refractivity contribution in [1.82, 2.24) is 5.32 Å². The smallest absolute Gasteiger partial charge is 0.0812 e. The van der Waals surface area contributed by atoms with Gasteiger partial charge in [0, 0.05) is 0 Å². The Morgan fingerprint density at radius 1 is 1.07 bits per heavy atom. The van der Waals surface area contributed by atoms with Crippen molar-refractivity contribution in [1.29, 1.82) is 0 Å². The molecule has 2 heteroatoms. The highest BCUT2D eigenvalue weighted by Gasteiger charge is 2.13. The van der Waals surface area contributed by atoms with Gasteiger partial charge in [-0.15, -0.1) is 0 Å². The summed E-state index contributed by atoms with van der Waals surface area (Å²) in [5.74, 6) is 0. The summed E-state index contributed by atoms with van der Waals surface area (Å²) in [5, 5.41) is 3.10. The van der Waals surface area contributed by atoms with E-state index >= 15 is 0 Å². The topological polar surface area (TPSA) is 38.0 Å². The highest BCUT2D eigenvalue weighted by Crippen LogP contribution is 2.24. The van der Waals surface area contributed by atoms with Gasteiger partial charge >= 0.3 is 0 Å².